The lowest BCUT2D eigenvalue weighted by molar-refractivity contribution is 0.240. The number of rotatable bonds is 8. The molecule has 1 N–H and O–H groups in total. The van der Waals surface area contributed by atoms with Gasteiger partial charge in [0.05, 0.1) is 6.21 Å². The molecule has 2 unspecified atom stereocenters. The average Bonchev–Trinajstić information content (AvgIpc) is 2.76. The third-order valence-corrected chi connectivity index (χ3v) is 8.34. The smallest absolute Gasteiger partial charge is 0.122 e. The standard InChI is InChI=1S/C26H37N2OP/c1-5-14-26(6-2,23-18-20(3)17-21(4)25(23)29)30-24-13-9-8-12-22(24)19-27-28-15-10-7-11-16-28/h8-9,12-13,17-19,29-30H,5-7,10-11,14-16H2,1-4H3/b27-19+. The number of benzene rings is 2. The Hall–Kier alpha value is -1.86. The Bertz CT molecular complexity index is 873. The first-order valence-electron chi connectivity index (χ1n) is 11.5. The zero-order valence-corrected chi connectivity index (χ0v) is 20.0. The minimum absolute atomic E-state index is 0.0509. The average molecular weight is 425 g/mol. The first-order valence-corrected chi connectivity index (χ1v) is 12.5. The number of nitrogens with zero attached hydrogens (tertiary/aromatic N) is 2. The lowest BCUT2D eigenvalue weighted by Crippen LogP contribution is -2.26. The maximum Gasteiger partial charge on any atom is 0.122 e. The van der Waals surface area contributed by atoms with Gasteiger partial charge in [-0.05, 0) is 56.8 Å². The van der Waals surface area contributed by atoms with E-state index in [-0.39, 0.29) is 5.16 Å². The van der Waals surface area contributed by atoms with Crippen molar-refractivity contribution in [3.63, 3.8) is 0 Å². The van der Waals surface area contributed by atoms with Gasteiger partial charge in [-0.1, -0.05) is 70.8 Å². The largest absolute Gasteiger partial charge is 0.507 e. The lowest BCUT2D eigenvalue weighted by Gasteiger charge is -2.35. The first kappa shape index (κ1) is 22.8. The molecule has 1 saturated heterocycles. The number of hydrogen-bond donors (Lipinski definition) is 1. The first-order chi connectivity index (χ1) is 14.5. The normalized spacial score (nSPS) is 17.1. The van der Waals surface area contributed by atoms with Gasteiger partial charge in [0.1, 0.15) is 5.75 Å². The molecule has 0 radical (unpaired) electrons. The van der Waals surface area contributed by atoms with Crippen LogP contribution in [0.4, 0.5) is 0 Å². The van der Waals surface area contributed by atoms with Crippen molar-refractivity contribution in [3.8, 4) is 5.75 Å². The second-order valence-corrected chi connectivity index (χ2v) is 10.4. The van der Waals surface area contributed by atoms with E-state index in [0.717, 1.165) is 43.5 Å². The number of phenolic OH excluding ortho intramolecular Hbond substituents is 1. The highest BCUT2D eigenvalue weighted by Crippen LogP contribution is 2.51. The van der Waals surface area contributed by atoms with Crippen molar-refractivity contribution in [3.05, 3.63) is 58.7 Å². The van der Waals surface area contributed by atoms with Crippen LogP contribution in [-0.2, 0) is 5.16 Å². The zero-order chi connectivity index (χ0) is 21.6. The summed E-state index contributed by atoms with van der Waals surface area (Å²) >= 11 is 0. The molecule has 0 spiro atoms. The van der Waals surface area contributed by atoms with E-state index in [0.29, 0.717) is 14.3 Å². The highest BCUT2D eigenvalue weighted by molar-refractivity contribution is 7.48. The molecule has 1 aliphatic rings. The van der Waals surface area contributed by atoms with Gasteiger partial charge in [0.2, 0.25) is 0 Å². The van der Waals surface area contributed by atoms with E-state index in [9.17, 15) is 5.11 Å². The number of hydrazone groups is 1. The molecule has 30 heavy (non-hydrogen) atoms. The maximum atomic E-state index is 11.0. The summed E-state index contributed by atoms with van der Waals surface area (Å²) in [4.78, 5) is 0. The monoisotopic (exact) mass is 424 g/mol. The van der Waals surface area contributed by atoms with Crippen LogP contribution in [0.25, 0.3) is 0 Å². The van der Waals surface area contributed by atoms with Crippen LogP contribution in [0.2, 0.25) is 0 Å². The Morgan fingerprint density at radius 2 is 1.83 bits per heavy atom. The van der Waals surface area contributed by atoms with Crippen LogP contribution in [0.15, 0.2) is 41.5 Å². The summed E-state index contributed by atoms with van der Waals surface area (Å²) in [5, 5.41) is 19.3. The van der Waals surface area contributed by atoms with E-state index in [4.69, 9.17) is 5.10 Å². The fourth-order valence-corrected chi connectivity index (χ4v) is 6.45. The summed E-state index contributed by atoms with van der Waals surface area (Å²) in [6.45, 7) is 10.8. The fraction of sp³-hybridized carbons (Fsp3) is 0.500. The summed E-state index contributed by atoms with van der Waals surface area (Å²) in [5.41, 5.74) is 4.52. The predicted molar refractivity (Wildman–Crippen MR) is 132 cm³/mol. The van der Waals surface area contributed by atoms with Crippen LogP contribution in [0, 0.1) is 13.8 Å². The second kappa shape index (κ2) is 10.4. The Morgan fingerprint density at radius 3 is 2.53 bits per heavy atom. The molecule has 3 nitrogen and oxygen atoms in total. The van der Waals surface area contributed by atoms with Gasteiger partial charge in [0.15, 0.2) is 0 Å². The van der Waals surface area contributed by atoms with E-state index in [1.165, 1.54) is 35.7 Å². The lowest BCUT2D eigenvalue weighted by atomic mass is 9.88. The van der Waals surface area contributed by atoms with Gasteiger partial charge in [-0.3, -0.25) is 5.01 Å². The quantitative estimate of drug-likeness (QED) is 0.402. The van der Waals surface area contributed by atoms with Crippen LogP contribution in [0.5, 0.6) is 5.75 Å². The number of piperidine rings is 1. The molecule has 4 heteroatoms. The highest BCUT2D eigenvalue weighted by atomic mass is 31.1. The number of phenols is 1. The summed E-state index contributed by atoms with van der Waals surface area (Å²) in [5.74, 6) is 0.475. The molecule has 3 rings (SSSR count). The van der Waals surface area contributed by atoms with Gasteiger partial charge < -0.3 is 5.11 Å². The Kier molecular flexibility index (Phi) is 7.94. The molecule has 2 aromatic rings. The number of hydrogen-bond acceptors (Lipinski definition) is 3. The predicted octanol–water partition coefficient (Wildman–Crippen LogP) is 6.24. The summed E-state index contributed by atoms with van der Waals surface area (Å²) in [6, 6.07) is 13.0. The SMILES string of the molecule is CCCC(CC)(Pc1ccccc1/C=N/N1CCCCC1)c1cc(C)cc(C)c1O. The van der Waals surface area contributed by atoms with Crippen molar-refractivity contribution < 1.29 is 5.11 Å². The second-order valence-electron chi connectivity index (χ2n) is 8.63. The molecule has 0 aliphatic carbocycles. The van der Waals surface area contributed by atoms with Crippen LogP contribution >= 0.6 is 8.58 Å². The number of aryl methyl sites for hydroxylation is 2. The molecule has 162 valence electrons. The molecule has 1 fully saturated rings. The van der Waals surface area contributed by atoms with Crippen molar-refractivity contribution in [2.75, 3.05) is 13.1 Å². The van der Waals surface area contributed by atoms with Crippen molar-refractivity contribution in [2.45, 2.75) is 71.4 Å². The summed E-state index contributed by atoms with van der Waals surface area (Å²) < 4.78 is 0. The van der Waals surface area contributed by atoms with Gasteiger partial charge in [-0.2, -0.15) is 5.10 Å². The third-order valence-electron chi connectivity index (χ3n) is 6.27. The molecule has 0 aromatic heterocycles. The van der Waals surface area contributed by atoms with E-state index >= 15 is 0 Å². The Morgan fingerprint density at radius 1 is 1.10 bits per heavy atom. The van der Waals surface area contributed by atoms with E-state index in [2.05, 4.69) is 68.4 Å². The van der Waals surface area contributed by atoms with Crippen molar-refractivity contribution in [1.29, 1.82) is 0 Å². The van der Waals surface area contributed by atoms with Gasteiger partial charge in [-0.25, -0.2) is 0 Å². The number of aromatic hydroxyl groups is 1. The highest BCUT2D eigenvalue weighted by Gasteiger charge is 2.33. The zero-order valence-electron chi connectivity index (χ0n) is 19.0. The van der Waals surface area contributed by atoms with Gasteiger partial charge in [0.25, 0.3) is 0 Å². The molecule has 2 atom stereocenters. The topological polar surface area (TPSA) is 35.8 Å². The minimum Gasteiger partial charge on any atom is -0.507 e. The van der Waals surface area contributed by atoms with E-state index < -0.39 is 0 Å². The fourth-order valence-electron chi connectivity index (χ4n) is 4.59. The molecule has 0 saturated carbocycles. The van der Waals surface area contributed by atoms with Crippen molar-refractivity contribution in [1.82, 2.24) is 5.01 Å². The van der Waals surface area contributed by atoms with E-state index in [1.807, 2.05) is 6.92 Å². The van der Waals surface area contributed by atoms with Crippen LogP contribution in [0.3, 0.4) is 0 Å². The molecule has 1 aliphatic heterocycles. The minimum atomic E-state index is -0.0509. The maximum absolute atomic E-state index is 11.0. The van der Waals surface area contributed by atoms with Gasteiger partial charge in [-0.15, -0.1) is 0 Å². The summed E-state index contributed by atoms with van der Waals surface area (Å²) in [6.07, 6.45) is 9.02. The van der Waals surface area contributed by atoms with Crippen molar-refractivity contribution >= 4 is 20.1 Å². The molecule has 1 heterocycles. The summed E-state index contributed by atoms with van der Waals surface area (Å²) in [7, 11) is 0.587. The van der Waals surface area contributed by atoms with Crippen LogP contribution < -0.4 is 5.30 Å². The van der Waals surface area contributed by atoms with E-state index in [1.54, 1.807) is 0 Å². The Balaban J connectivity index is 1.97. The Labute approximate surface area is 184 Å². The van der Waals surface area contributed by atoms with Gasteiger partial charge >= 0.3 is 0 Å². The van der Waals surface area contributed by atoms with Gasteiger partial charge in [0, 0.05) is 29.4 Å². The van der Waals surface area contributed by atoms with Crippen molar-refractivity contribution in [2.24, 2.45) is 5.10 Å². The van der Waals surface area contributed by atoms with Crippen LogP contribution in [-0.4, -0.2) is 29.4 Å². The van der Waals surface area contributed by atoms with Crippen LogP contribution in [0.1, 0.15) is 74.6 Å². The molecule has 2 aromatic carbocycles. The molecule has 0 amide bonds. The molecular formula is C26H37N2OP. The molecule has 0 bridgehead atoms. The molecular weight excluding hydrogens is 387 g/mol. The third kappa shape index (κ3) is 5.24.